The zero-order valence-electron chi connectivity index (χ0n) is 12.8. The number of nitrogens with zero attached hydrogens (tertiary/aromatic N) is 2. The summed E-state index contributed by atoms with van der Waals surface area (Å²) in [5, 5.41) is 3.32. The summed E-state index contributed by atoms with van der Waals surface area (Å²) in [6.45, 7) is 10.1. The first-order valence-corrected chi connectivity index (χ1v) is 7.80. The van der Waals surface area contributed by atoms with E-state index in [0.29, 0.717) is 6.10 Å². The van der Waals surface area contributed by atoms with E-state index in [9.17, 15) is 0 Å². The summed E-state index contributed by atoms with van der Waals surface area (Å²) in [5.41, 5.74) is 2.42. The highest BCUT2D eigenvalue weighted by atomic mass is 16.5. The molecule has 0 spiro atoms. The van der Waals surface area contributed by atoms with Crippen LogP contribution in [0, 0.1) is 0 Å². The number of nitrogens with one attached hydrogen (secondary N) is 1. The molecule has 0 aliphatic carbocycles. The number of rotatable bonds is 7. The Morgan fingerprint density at radius 2 is 2.10 bits per heavy atom. The van der Waals surface area contributed by atoms with Crippen molar-refractivity contribution >= 4 is 0 Å². The number of likely N-dealkylation sites (tertiary alicyclic amines) is 1. The standard InChI is InChI=1S/C16H27N3O/c1-3-17-11-14-5-6-15(18-12-14)13-19-9-7-16(8-10-19)20-4-2/h5-6,12,16-17H,3-4,7-11,13H2,1-2H3. The second-order valence-corrected chi connectivity index (χ2v) is 5.37. The molecule has 4 heteroatoms. The van der Waals surface area contributed by atoms with Crippen LogP contribution < -0.4 is 5.32 Å². The molecule has 20 heavy (non-hydrogen) atoms. The summed E-state index contributed by atoms with van der Waals surface area (Å²) >= 11 is 0. The third-order valence-corrected chi connectivity index (χ3v) is 3.79. The monoisotopic (exact) mass is 277 g/mol. The van der Waals surface area contributed by atoms with Gasteiger partial charge in [0.15, 0.2) is 0 Å². The minimum atomic E-state index is 0.465. The van der Waals surface area contributed by atoms with Gasteiger partial charge >= 0.3 is 0 Å². The van der Waals surface area contributed by atoms with Gasteiger partial charge in [-0.05, 0) is 37.9 Å². The zero-order chi connectivity index (χ0) is 14.2. The molecule has 0 radical (unpaired) electrons. The quantitative estimate of drug-likeness (QED) is 0.829. The maximum Gasteiger partial charge on any atom is 0.0599 e. The average Bonchev–Trinajstić information content (AvgIpc) is 2.49. The van der Waals surface area contributed by atoms with Crippen molar-refractivity contribution in [3.8, 4) is 0 Å². The van der Waals surface area contributed by atoms with Crippen LogP contribution in [0.3, 0.4) is 0 Å². The first kappa shape index (κ1) is 15.4. The molecular formula is C16H27N3O. The molecule has 1 fully saturated rings. The molecule has 4 nitrogen and oxygen atoms in total. The van der Waals surface area contributed by atoms with Crippen LogP contribution in [0.4, 0.5) is 0 Å². The van der Waals surface area contributed by atoms with Gasteiger partial charge in [0.05, 0.1) is 11.8 Å². The largest absolute Gasteiger partial charge is 0.378 e. The molecule has 1 N–H and O–H groups in total. The molecule has 0 saturated carbocycles. The Labute approximate surface area is 122 Å². The van der Waals surface area contributed by atoms with Gasteiger partial charge in [0.1, 0.15) is 0 Å². The predicted molar refractivity (Wildman–Crippen MR) is 81.5 cm³/mol. The van der Waals surface area contributed by atoms with Crippen LogP contribution in [0.15, 0.2) is 18.3 Å². The van der Waals surface area contributed by atoms with Crippen LogP contribution in [0.5, 0.6) is 0 Å². The molecule has 1 saturated heterocycles. The third kappa shape index (κ3) is 4.85. The van der Waals surface area contributed by atoms with Gasteiger partial charge in [0.2, 0.25) is 0 Å². The lowest BCUT2D eigenvalue weighted by molar-refractivity contribution is 0.0123. The lowest BCUT2D eigenvalue weighted by atomic mass is 10.1. The molecule has 1 aromatic heterocycles. The summed E-state index contributed by atoms with van der Waals surface area (Å²) in [4.78, 5) is 7.04. The fourth-order valence-corrected chi connectivity index (χ4v) is 2.62. The predicted octanol–water partition coefficient (Wildman–Crippen LogP) is 2.19. The van der Waals surface area contributed by atoms with Gasteiger partial charge < -0.3 is 10.1 Å². The van der Waals surface area contributed by atoms with Gasteiger partial charge in [-0.25, -0.2) is 0 Å². The topological polar surface area (TPSA) is 37.4 Å². The Morgan fingerprint density at radius 3 is 2.70 bits per heavy atom. The molecule has 0 bridgehead atoms. The van der Waals surface area contributed by atoms with Crippen molar-refractivity contribution in [2.75, 3.05) is 26.2 Å². The molecule has 112 valence electrons. The van der Waals surface area contributed by atoms with E-state index in [1.54, 1.807) is 0 Å². The molecular weight excluding hydrogens is 250 g/mol. The van der Waals surface area contributed by atoms with E-state index in [1.807, 2.05) is 6.20 Å². The van der Waals surface area contributed by atoms with Crippen LogP contribution in [-0.4, -0.2) is 42.2 Å². The molecule has 0 unspecified atom stereocenters. The normalized spacial score (nSPS) is 17.5. The molecule has 1 aliphatic rings. The van der Waals surface area contributed by atoms with Crippen molar-refractivity contribution in [1.82, 2.24) is 15.2 Å². The molecule has 0 atom stereocenters. The first-order valence-electron chi connectivity index (χ1n) is 7.80. The van der Waals surface area contributed by atoms with Gasteiger partial charge in [0.25, 0.3) is 0 Å². The van der Waals surface area contributed by atoms with Gasteiger partial charge in [-0.15, -0.1) is 0 Å². The fourth-order valence-electron chi connectivity index (χ4n) is 2.62. The molecule has 2 rings (SSSR count). The van der Waals surface area contributed by atoms with E-state index in [0.717, 1.165) is 52.2 Å². The smallest absolute Gasteiger partial charge is 0.0599 e. The Kier molecular flexibility index (Phi) is 6.43. The first-order chi connectivity index (χ1) is 9.81. The van der Waals surface area contributed by atoms with Crippen molar-refractivity contribution in [3.63, 3.8) is 0 Å². The third-order valence-electron chi connectivity index (χ3n) is 3.79. The Balaban J connectivity index is 1.76. The van der Waals surface area contributed by atoms with Crippen molar-refractivity contribution in [2.45, 2.75) is 45.9 Å². The minimum Gasteiger partial charge on any atom is -0.378 e. The van der Waals surface area contributed by atoms with Crippen molar-refractivity contribution in [1.29, 1.82) is 0 Å². The highest BCUT2D eigenvalue weighted by Crippen LogP contribution is 2.15. The van der Waals surface area contributed by atoms with Gasteiger partial charge in [0, 0.05) is 39.0 Å². The molecule has 2 heterocycles. The summed E-state index contributed by atoms with van der Waals surface area (Å²) in [5.74, 6) is 0. The Morgan fingerprint density at radius 1 is 1.30 bits per heavy atom. The number of aromatic nitrogens is 1. The number of pyridine rings is 1. The van der Waals surface area contributed by atoms with Gasteiger partial charge in [-0.1, -0.05) is 13.0 Å². The minimum absolute atomic E-state index is 0.465. The second-order valence-electron chi connectivity index (χ2n) is 5.37. The van der Waals surface area contributed by atoms with Gasteiger partial charge in [-0.2, -0.15) is 0 Å². The summed E-state index contributed by atoms with van der Waals surface area (Å²) in [6.07, 6.45) is 4.75. The lowest BCUT2D eigenvalue weighted by Crippen LogP contribution is -2.36. The van der Waals surface area contributed by atoms with E-state index in [4.69, 9.17) is 4.74 Å². The SMILES string of the molecule is CCNCc1ccc(CN2CCC(OCC)CC2)nc1. The molecule has 0 amide bonds. The Bertz CT molecular complexity index is 372. The van der Waals surface area contributed by atoms with Crippen LogP contribution in [-0.2, 0) is 17.8 Å². The Hall–Kier alpha value is -0.970. The highest BCUT2D eigenvalue weighted by Gasteiger charge is 2.19. The van der Waals surface area contributed by atoms with Crippen molar-refractivity contribution < 1.29 is 4.74 Å². The average molecular weight is 277 g/mol. The molecule has 1 aromatic rings. The number of hydrogen-bond donors (Lipinski definition) is 1. The van der Waals surface area contributed by atoms with Crippen molar-refractivity contribution in [3.05, 3.63) is 29.6 Å². The molecule has 1 aliphatic heterocycles. The van der Waals surface area contributed by atoms with E-state index in [2.05, 4.69) is 41.2 Å². The maximum atomic E-state index is 5.69. The zero-order valence-corrected chi connectivity index (χ0v) is 12.8. The number of piperidine rings is 1. The van der Waals surface area contributed by atoms with E-state index in [1.165, 1.54) is 11.3 Å². The van der Waals surface area contributed by atoms with E-state index in [-0.39, 0.29) is 0 Å². The summed E-state index contributed by atoms with van der Waals surface area (Å²) in [6, 6.07) is 4.33. The maximum absolute atomic E-state index is 5.69. The highest BCUT2D eigenvalue weighted by molar-refractivity contribution is 5.14. The lowest BCUT2D eigenvalue weighted by Gasteiger charge is -2.31. The van der Waals surface area contributed by atoms with Crippen LogP contribution in [0.1, 0.15) is 37.9 Å². The number of hydrogen-bond acceptors (Lipinski definition) is 4. The number of ether oxygens (including phenoxy) is 1. The van der Waals surface area contributed by atoms with Crippen LogP contribution >= 0.6 is 0 Å². The summed E-state index contributed by atoms with van der Waals surface area (Å²) in [7, 11) is 0. The van der Waals surface area contributed by atoms with Crippen LogP contribution in [0.2, 0.25) is 0 Å². The van der Waals surface area contributed by atoms with Crippen LogP contribution in [0.25, 0.3) is 0 Å². The van der Waals surface area contributed by atoms with E-state index >= 15 is 0 Å². The van der Waals surface area contributed by atoms with E-state index < -0.39 is 0 Å². The summed E-state index contributed by atoms with van der Waals surface area (Å²) < 4.78 is 5.69. The molecule has 0 aromatic carbocycles. The fraction of sp³-hybridized carbons (Fsp3) is 0.688. The second kappa shape index (κ2) is 8.35. The van der Waals surface area contributed by atoms with Gasteiger partial charge in [-0.3, -0.25) is 9.88 Å². The van der Waals surface area contributed by atoms with Crippen molar-refractivity contribution in [2.24, 2.45) is 0 Å².